The summed E-state index contributed by atoms with van der Waals surface area (Å²) in [6.07, 6.45) is 3.75. The Bertz CT molecular complexity index is 510. The van der Waals surface area contributed by atoms with Crippen LogP contribution in [0.5, 0.6) is 0 Å². The maximum Gasteiger partial charge on any atom is 0.137 e. The van der Waals surface area contributed by atoms with E-state index in [0.717, 1.165) is 23.7 Å². The highest BCUT2D eigenvalue weighted by atomic mass is 16.3. The van der Waals surface area contributed by atoms with Crippen molar-refractivity contribution in [1.82, 2.24) is 0 Å². The molecule has 1 unspecified atom stereocenters. The molecule has 0 saturated heterocycles. The van der Waals surface area contributed by atoms with Crippen molar-refractivity contribution in [2.45, 2.75) is 32.2 Å². The van der Waals surface area contributed by atoms with Crippen LogP contribution in [0.2, 0.25) is 0 Å². The third kappa shape index (κ3) is 1.74. The molecular formula is C14H17NO. The number of aryl methyl sites for hydroxylation is 1. The number of furan rings is 1. The Kier molecular flexibility index (Phi) is 2.25. The van der Waals surface area contributed by atoms with Crippen LogP contribution in [0.1, 0.15) is 36.6 Å². The number of hydrogen-bond donors (Lipinski definition) is 1. The molecular weight excluding hydrogens is 198 g/mol. The lowest BCUT2D eigenvalue weighted by molar-refractivity contribution is 0.462. The third-order valence-corrected chi connectivity index (χ3v) is 3.41. The van der Waals surface area contributed by atoms with Gasteiger partial charge in [0.25, 0.3) is 0 Å². The van der Waals surface area contributed by atoms with Crippen LogP contribution in [0.25, 0.3) is 11.0 Å². The van der Waals surface area contributed by atoms with Crippen LogP contribution in [-0.4, -0.2) is 0 Å². The van der Waals surface area contributed by atoms with E-state index in [1.165, 1.54) is 23.8 Å². The molecule has 1 aromatic heterocycles. The summed E-state index contributed by atoms with van der Waals surface area (Å²) in [6, 6.07) is 8.37. The Morgan fingerprint density at radius 1 is 1.44 bits per heavy atom. The average Bonchev–Trinajstić information content (AvgIpc) is 2.95. The fraction of sp³-hybridized carbons (Fsp3) is 0.429. The minimum Gasteiger partial charge on any atom is -0.459 e. The highest BCUT2D eigenvalue weighted by Gasteiger charge is 2.26. The van der Waals surface area contributed by atoms with Crippen LogP contribution in [0.15, 0.2) is 28.7 Å². The number of rotatable bonds is 3. The van der Waals surface area contributed by atoms with Crippen LogP contribution < -0.4 is 5.73 Å². The average molecular weight is 215 g/mol. The van der Waals surface area contributed by atoms with E-state index in [-0.39, 0.29) is 6.04 Å². The first-order valence-electron chi connectivity index (χ1n) is 5.98. The first-order valence-corrected chi connectivity index (χ1v) is 5.98. The van der Waals surface area contributed by atoms with Crippen molar-refractivity contribution in [3.8, 4) is 0 Å². The van der Waals surface area contributed by atoms with Gasteiger partial charge in [-0.3, -0.25) is 0 Å². The van der Waals surface area contributed by atoms with Gasteiger partial charge in [-0.05, 0) is 30.9 Å². The van der Waals surface area contributed by atoms with Gasteiger partial charge in [0.2, 0.25) is 0 Å². The summed E-state index contributed by atoms with van der Waals surface area (Å²) in [7, 11) is 0. The van der Waals surface area contributed by atoms with E-state index in [4.69, 9.17) is 10.2 Å². The van der Waals surface area contributed by atoms with Crippen LogP contribution in [0, 0.1) is 12.8 Å². The van der Waals surface area contributed by atoms with Gasteiger partial charge in [0, 0.05) is 5.39 Å². The third-order valence-electron chi connectivity index (χ3n) is 3.41. The first kappa shape index (κ1) is 9.91. The molecule has 1 saturated carbocycles. The van der Waals surface area contributed by atoms with Crippen molar-refractivity contribution in [2.24, 2.45) is 11.7 Å². The molecule has 2 heteroatoms. The molecule has 0 spiro atoms. The zero-order valence-electron chi connectivity index (χ0n) is 9.57. The fourth-order valence-electron chi connectivity index (χ4n) is 2.24. The van der Waals surface area contributed by atoms with Gasteiger partial charge in [-0.1, -0.05) is 31.0 Å². The molecule has 16 heavy (non-hydrogen) atoms. The van der Waals surface area contributed by atoms with Crippen LogP contribution in [0.4, 0.5) is 0 Å². The van der Waals surface area contributed by atoms with Crippen molar-refractivity contribution in [1.29, 1.82) is 0 Å². The lowest BCUT2D eigenvalue weighted by Gasteiger charge is -2.06. The van der Waals surface area contributed by atoms with Crippen molar-refractivity contribution in [3.63, 3.8) is 0 Å². The summed E-state index contributed by atoms with van der Waals surface area (Å²) in [5.41, 5.74) is 8.33. The van der Waals surface area contributed by atoms with E-state index < -0.39 is 0 Å². The summed E-state index contributed by atoms with van der Waals surface area (Å²) < 4.78 is 5.86. The van der Waals surface area contributed by atoms with Gasteiger partial charge in [-0.25, -0.2) is 0 Å². The molecule has 84 valence electrons. The predicted molar refractivity (Wildman–Crippen MR) is 65.2 cm³/mol. The molecule has 0 amide bonds. The van der Waals surface area contributed by atoms with E-state index in [9.17, 15) is 0 Å². The van der Waals surface area contributed by atoms with E-state index in [0.29, 0.717) is 0 Å². The molecule has 0 radical (unpaired) electrons. The molecule has 1 aliphatic carbocycles. The van der Waals surface area contributed by atoms with Gasteiger partial charge in [0.1, 0.15) is 11.3 Å². The Balaban J connectivity index is 1.94. The molecule has 3 rings (SSSR count). The second-order valence-electron chi connectivity index (χ2n) is 4.93. The summed E-state index contributed by atoms with van der Waals surface area (Å²) in [5.74, 6) is 1.78. The van der Waals surface area contributed by atoms with Gasteiger partial charge < -0.3 is 10.2 Å². The summed E-state index contributed by atoms with van der Waals surface area (Å²) in [4.78, 5) is 0. The van der Waals surface area contributed by atoms with Gasteiger partial charge in [0.05, 0.1) is 6.04 Å². The van der Waals surface area contributed by atoms with Crippen LogP contribution in [0.3, 0.4) is 0 Å². The normalized spacial score (nSPS) is 17.9. The molecule has 1 heterocycles. The largest absolute Gasteiger partial charge is 0.459 e. The SMILES string of the molecule is Cc1cccc2cc(C(N)CC3CC3)oc12. The van der Waals surface area contributed by atoms with E-state index in [2.05, 4.69) is 31.2 Å². The molecule has 2 N–H and O–H groups in total. The van der Waals surface area contributed by atoms with Gasteiger partial charge in [0.15, 0.2) is 0 Å². The van der Waals surface area contributed by atoms with Gasteiger partial charge >= 0.3 is 0 Å². The topological polar surface area (TPSA) is 39.2 Å². The van der Waals surface area contributed by atoms with Crippen molar-refractivity contribution in [2.75, 3.05) is 0 Å². The van der Waals surface area contributed by atoms with Crippen molar-refractivity contribution < 1.29 is 4.42 Å². The van der Waals surface area contributed by atoms with Gasteiger partial charge in [-0.15, -0.1) is 0 Å². The van der Waals surface area contributed by atoms with Crippen LogP contribution in [-0.2, 0) is 0 Å². The first-order chi connectivity index (χ1) is 7.74. The molecule has 1 atom stereocenters. The van der Waals surface area contributed by atoms with Crippen molar-refractivity contribution >= 4 is 11.0 Å². The number of hydrogen-bond acceptors (Lipinski definition) is 2. The summed E-state index contributed by atoms with van der Waals surface area (Å²) >= 11 is 0. The maximum absolute atomic E-state index is 6.16. The Labute approximate surface area is 95.4 Å². The van der Waals surface area contributed by atoms with E-state index in [1.807, 2.05) is 0 Å². The monoisotopic (exact) mass is 215 g/mol. The zero-order chi connectivity index (χ0) is 11.1. The zero-order valence-corrected chi connectivity index (χ0v) is 9.57. The molecule has 1 aliphatic rings. The lowest BCUT2D eigenvalue weighted by Crippen LogP contribution is -2.09. The minimum atomic E-state index is 0.0688. The molecule has 0 bridgehead atoms. The lowest BCUT2D eigenvalue weighted by atomic mass is 10.1. The smallest absolute Gasteiger partial charge is 0.137 e. The highest BCUT2D eigenvalue weighted by molar-refractivity contribution is 5.80. The molecule has 2 aromatic rings. The standard InChI is InChI=1S/C14H17NO/c1-9-3-2-4-11-8-13(16-14(9)11)12(15)7-10-5-6-10/h2-4,8,10,12H,5-7,15H2,1H3. The predicted octanol–water partition coefficient (Wildman–Crippen LogP) is 3.54. The summed E-state index contributed by atoms with van der Waals surface area (Å²) in [6.45, 7) is 2.07. The maximum atomic E-state index is 6.16. The number of para-hydroxylation sites is 1. The Morgan fingerprint density at radius 2 is 2.25 bits per heavy atom. The Hall–Kier alpha value is -1.28. The van der Waals surface area contributed by atoms with E-state index >= 15 is 0 Å². The highest BCUT2D eigenvalue weighted by Crippen LogP contribution is 2.37. The number of nitrogens with two attached hydrogens (primary N) is 1. The van der Waals surface area contributed by atoms with Crippen LogP contribution >= 0.6 is 0 Å². The van der Waals surface area contributed by atoms with Crippen molar-refractivity contribution in [3.05, 3.63) is 35.6 Å². The fourth-order valence-corrected chi connectivity index (χ4v) is 2.24. The molecule has 1 aromatic carbocycles. The number of benzene rings is 1. The second-order valence-corrected chi connectivity index (χ2v) is 4.93. The summed E-state index contributed by atoms with van der Waals surface area (Å²) in [5, 5.41) is 1.17. The quantitative estimate of drug-likeness (QED) is 0.850. The van der Waals surface area contributed by atoms with E-state index in [1.54, 1.807) is 0 Å². The molecule has 0 aliphatic heterocycles. The van der Waals surface area contributed by atoms with Gasteiger partial charge in [-0.2, -0.15) is 0 Å². The minimum absolute atomic E-state index is 0.0688. The molecule has 2 nitrogen and oxygen atoms in total. The molecule has 1 fully saturated rings. The second kappa shape index (κ2) is 3.63. The Morgan fingerprint density at radius 3 is 2.94 bits per heavy atom. The number of fused-ring (bicyclic) bond motifs is 1.